The van der Waals surface area contributed by atoms with E-state index >= 15 is 0 Å². The van der Waals surface area contributed by atoms with Gasteiger partial charge in [-0.15, -0.1) is 0 Å². The van der Waals surface area contributed by atoms with E-state index < -0.39 is 0 Å². The molecule has 19 heavy (non-hydrogen) atoms. The Hall–Kier alpha value is -0.730. The summed E-state index contributed by atoms with van der Waals surface area (Å²) in [4.78, 5) is 0. The lowest BCUT2D eigenvalue weighted by molar-refractivity contribution is -0.0748. The summed E-state index contributed by atoms with van der Waals surface area (Å²) in [7, 11) is 0. The molecule has 1 saturated carbocycles. The van der Waals surface area contributed by atoms with Crippen molar-refractivity contribution in [2.45, 2.75) is 56.7 Å². The zero-order valence-corrected chi connectivity index (χ0v) is 12.0. The fourth-order valence-electron chi connectivity index (χ4n) is 3.32. The SMILES string of the molecule is Clc1ccccc1OCC1CCC2(CCCCC2)O1. The van der Waals surface area contributed by atoms with Gasteiger partial charge in [-0.05, 0) is 37.8 Å². The number of para-hydroxylation sites is 1. The Morgan fingerprint density at radius 3 is 2.74 bits per heavy atom. The van der Waals surface area contributed by atoms with Gasteiger partial charge in [0.15, 0.2) is 0 Å². The minimum Gasteiger partial charge on any atom is -0.489 e. The van der Waals surface area contributed by atoms with E-state index in [2.05, 4.69) is 0 Å². The van der Waals surface area contributed by atoms with Crippen LogP contribution in [0.2, 0.25) is 5.02 Å². The minimum absolute atomic E-state index is 0.173. The third-order valence-electron chi connectivity index (χ3n) is 4.36. The maximum Gasteiger partial charge on any atom is 0.138 e. The molecule has 0 N–H and O–H groups in total. The van der Waals surface area contributed by atoms with Crippen LogP contribution in [0.3, 0.4) is 0 Å². The molecule has 2 aliphatic rings. The van der Waals surface area contributed by atoms with Crippen LogP contribution in [0.15, 0.2) is 24.3 Å². The van der Waals surface area contributed by atoms with Crippen LogP contribution in [0.5, 0.6) is 5.75 Å². The number of hydrogen-bond acceptors (Lipinski definition) is 2. The molecule has 1 unspecified atom stereocenters. The van der Waals surface area contributed by atoms with Gasteiger partial charge in [-0.3, -0.25) is 0 Å². The predicted molar refractivity (Wildman–Crippen MR) is 76.9 cm³/mol. The Bertz CT molecular complexity index is 427. The van der Waals surface area contributed by atoms with E-state index in [4.69, 9.17) is 21.1 Å². The van der Waals surface area contributed by atoms with Crippen LogP contribution >= 0.6 is 11.6 Å². The van der Waals surface area contributed by atoms with Crippen LogP contribution in [0.1, 0.15) is 44.9 Å². The number of rotatable bonds is 3. The fraction of sp³-hybridized carbons (Fsp3) is 0.625. The molecule has 2 fully saturated rings. The predicted octanol–water partition coefficient (Wildman–Crippen LogP) is 4.60. The van der Waals surface area contributed by atoms with Crippen molar-refractivity contribution in [1.29, 1.82) is 0 Å². The molecule has 1 saturated heterocycles. The summed E-state index contributed by atoms with van der Waals surface area (Å²) in [6, 6.07) is 7.63. The highest BCUT2D eigenvalue weighted by Crippen LogP contribution is 2.42. The fourth-order valence-corrected chi connectivity index (χ4v) is 3.51. The van der Waals surface area contributed by atoms with Gasteiger partial charge in [0.2, 0.25) is 0 Å². The molecule has 1 heterocycles. The summed E-state index contributed by atoms with van der Waals surface area (Å²) in [5.74, 6) is 0.761. The topological polar surface area (TPSA) is 18.5 Å². The molecule has 0 radical (unpaired) electrons. The Morgan fingerprint density at radius 1 is 1.16 bits per heavy atom. The normalized spacial score (nSPS) is 25.6. The second-order valence-corrected chi connectivity index (χ2v) is 6.17. The molecule has 1 atom stereocenters. The first-order valence-electron chi connectivity index (χ1n) is 7.33. The Balaban J connectivity index is 1.53. The molecule has 2 nitrogen and oxygen atoms in total. The Kier molecular flexibility index (Phi) is 3.99. The van der Waals surface area contributed by atoms with Crippen molar-refractivity contribution in [3.63, 3.8) is 0 Å². The van der Waals surface area contributed by atoms with Gasteiger partial charge in [-0.1, -0.05) is 43.0 Å². The smallest absolute Gasteiger partial charge is 0.138 e. The molecule has 1 aliphatic carbocycles. The van der Waals surface area contributed by atoms with Crippen molar-refractivity contribution in [3.05, 3.63) is 29.3 Å². The Morgan fingerprint density at radius 2 is 1.95 bits per heavy atom. The van der Waals surface area contributed by atoms with Gasteiger partial charge in [0.25, 0.3) is 0 Å². The van der Waals surface area contributed by atoms with Crippen molar-refractivity contribution in [3.8, 4) is 5.75 Å². The lowest BCUT2D eigenvalue weighted by atomic mass is 9.83. The second kappa shape index (κ2) is 5.72. The molecule has 3 rings (SSSR count). The first-order chi connectivity index (χ1) is 9.27. The van der Waals surface area contributed by atoms with Crippen LogP contribution < -0.4 is 4.74 Å². The van der Waals surface area contributed by atoms with Crippen molar-refractivity contribution in [2.24, 2.45) is 0 Å². The van der Waals surface area contributed by atoms with Crippen molar-refractivity contribution < 1.29 is 9.47 Å². The van der Waals surface area contributed by atoms with Gasteiger partial charge in [-0.2, -0.15) is 0 Å². The van der Waals surface area contributed by atoms with Crippen LogP contribution in [0.25, 0.3) is 0 Å². The molecular weight excluding hydrogens is 260 g/mol. The molecule has 0 aromatic heterocycles. The van der Waals surface area contributed by atoms with Crippen LogP contribution in [0, 0.1) is 0 Å². The zero-order valence-electron chi connectivity index (χ0n) is 11.2. The maximum atomic E-state index is 6.28. The van der Waals surface area contributed by atoms with Crippen LogP contribution in [-0.2, 0) is 4.74 Å². The summed E-state index contributed by atoms with van der Waals surface area (Å²) in [6.07, 6.45) is 9.01. The highest BCUT2D eigenvalue weighted by molar-refractivity contribution is 6.32. The van der Waals surface area contributed by atoms with Gasteiger partial charge in [0.1, 0.15) is 12.4 Å². The first kappa shape index (κ1) is 13.3. The quantitative estimate of drug-likeness (QED) is 0.805. The Labute approximate surface area is 120 Å². The van der Waals surface area contributed by atoms with Crippen molar-refractivity contribution in [1.82, 2.24) is 0 Å². The van der Waals surface area contributed by atoms with Crippen molar-refractivity contribution in [2.75, 3.05) is 6.61 Å². The second-order valence-electron chi connectivity index (χ2n) is 5.76. The molecule has 0 bridgehead atoms. The third-order valence-corrected chi connectivity index (χ3v) is 4.68. The molecule has 1 aromatic rings. The van der Waals surface area contributed by atoms with Crippen molar-refractivity contribution >= 4 is 11.6 Å². The summed E-state index contributed by atoms with van der Waals surface area (Å²) in [5, 5.41) is 0.674. The lowest BCUT2D eigenvalue weighted by Crippen LogP contribution is -2.32. The van der Waals surface area contributed by atoms with E-state index in [1.54, 1.807) is 0 Å². The summed E-state index contributed by atoms with van der Waals surface area (Å²) < 4.78 is 12.1. The molecule has 104 valence electrons. The van der Waals surface area contributed by atoms with Crippen LogP contribution in [0.4, 0.5) is 0 Å². The van der Waals surface area contributed by atoms with Gasteiger partial charge >= 0.3 is 0 Å². The molecule has 0 amide bonds. The number of ether oxygens (including phenoxy) is 2. The summed E-state index contributed by atoms with van der Waals surface area (Å²) >= 11 is 6.09. The van der Waals surface area contributed by atoms with Gasteiger partial charge in [-0.25, -0.2) is 0 Å². The van der Waals surface area contributed by atoms with E-state index in [1.807, 2.05) is 24.3 Å². The summed E-state index contributed by atoms with van der Waals surface area (Å²) in [6.45, 7) is 0.617. The first-order valence-corrected chi connectivity index (χ1v) is 7.70. The third kappa shape index (κ3) is 3.06. The lowest BCUT2D eigenvalue weighted by Gasteiger charge is -2.33. The number of benzene rings is 1. The molecule has 1 aromatic carbocycles. The number of halogens is 1. The highest BCUT2D eigenvalue weighted by Gasteiger charge is 2.40. The van der Waals surface area contributed by atoms with E-state index in [1.165, 1.54) is 38.5 Å². The zero-order chi connectivity index (χ0) is 13.1. The summed E-state index contributed by atoms with van der Waals surface area (Å²) in [5.41, 5.74) is 0.173. The maximum absolute atomic E-state index is 6.28. The van der Waals surface area contributed by atoms with E-state index in [0.717, 1.165) is 12.2 Å². The molecular formula is C16H21ClO2. The van der Waals surface area contributed by atoms with E-state index in [0.29, 0.717) is 11.6 Å². The van der Waals surface area contributed by atoms with E-state index in [9.17, 15) is 0 Å². The molecule has 1 spiro atoms. The molecule has 1 aliphatic heterocycles. The highest BCUT2D eigenvalue weighted by atomic mass is 35.5. The van der Waals surface area contributed by atoms with Gasteiger partial charge in [0.05, 0.1) is 16.7 Å². The number of hydrogen-bond donors (Lipinski definition) is 0. The molecule has 3 heteroatoms. The van der Waals surface area contributed by atoms with E-state index in [-0.39, 0.29) is 11.7 Å². The average molecular weight is 281 g/mol. The van der Waals surface area contributed by atoms with Gasteiger partial charge < -0.3 is 9.47 Å². The minimum atomic E-state index is 0.173. The largest absolute Gasteiger partial charge is 0.489 e. The van der Waals surface area contributed by atoms with Crippen LogP contribution in [-0.4, -0.2) is 18.3 Å². The monoisotopic (exact) mass is 280 g/mol. The van der Waals surface area contributed by atoms with Gasteiger partial charge in [0, 0.05) is 0 Å². The average Bonchev–Trinajstić information content (AvgIpc) is 2.82. The standard InChI is InChI=1S/C16H21ClO2/c17-14-6-2-3-7-15(14)18-12-13-8-11-16(19-13)9-4-1-5-10-16/h2-3,6-7,13H,1,4-5,8-12H2.